The molecule has 0 heterocycles. The Morgan fingerprint density at radius 3 is 2.22 bits per heavy atom. The van der Waals surface area contributed by atoms with Gasteiger partial charge in [0.05, 0.1) is 5.56 Å². The van der Waals surface area contributed by atoms with Crippen molar-refractivity contribution in [2.75, 3.05) is 11.4 Å². The molecule has 1 N–H and O–H groups in total. The summed E-state index contributed by atoms with van der Waals surface area (Å²) in [6.45, 7) is 3.45. The van der Waals surface area contributed by atoms with Gasteiger partial charge in [0.25, 0.3) is 5.43 Å². The minimum Gasteiger partial charge on any atom is -0.503 e. The fourth-order valence-corrected chi connectivity index (χ4v) is 2.76. The van der Waals surface area contributed by atoms with Crippen LogP contribution in [0.2, 0.25) is 0 Å². The van der Waals surface area contributed by atoms with Gasteiger partial charge in [-0.2, -0.15) is 0 Å². The molecule has 0 saturated carbocycles. The van der Waals surface area contributed by atoms with Crippen molar-refractivity contribution in [1.29, 1.82) is 0 Å². The Balaban J connectivity index is 2.02. The molecule has 0 aromatic heterocycles. The minimum absolute atomic E-state index is 0.122. The Bertz CT molecular complexity index is 893. The van der Waals surface area contributed by atoms with Crippen molar-refractivity contribution in [3.63, 3.8) is 0 Å². The van der Waals surface area contributed by atoms with E-state index in [-0.39, 0.29) is 5.56 Å². The van der Waals surface area contributed by atoms with Gasteiger partial charge in [-0.25, -0.2) is 0 Å². The van der Waals surface area contributed by atoms with Gasteiger partial charge in [0.2, 0.25) is 5.43 Å². The van der Waals surface area contributed by atoms with E-state index in [1.807, 2.05) is 49.4 Å². The highest BCUT2D eigenvalue weighted by atomic mass is 16.3. The number of rotatable bonds is 5. The molecule has 0 fully saturated rings. The van der Waals surface area contributed by atoms with Crippen LogP contribution >= 0.6 is 0 Å². The highest BCUT2D eigenvalue weighted by molar-refractivity contribution is 5.84. The van der Waals surface area contributed by atoms with Crippen LogP contribution in [0.25, 0.3) is 11.1 Å². The lowest BCUT2D eigenvalue weighted by Gasteiger charge is -2.26. The smallest absolute Gasteiger partial charge is 0.268 e. The van der Waals surface area contributed by atoms with Gasteiger partial charge in [-0.3, -0.25) is 9.59 Å². The molecule has 23 heavy (non-hydrogen) atoms. The fraction of sp³-hybridized carbons (Fsp3) is 0.158. The van der Waals surface area contributed by atoms with Crippen LogP contribution in [-0.4, -0.2) is 11.7 Å². The Morgan fingerprint density at radius 2 is 1.57 bits per heavy atom. The van der Waals surface area contributed by atoms with Gasteiger partial charge in [-0.15, -0.1) is 0 Å². The molecule has 0 spiro atoms. The number of nitrogens with zero attached hydrogens (tertiary/aromatic N) is 1. The van der Waals surface area contributed by atoms with Crippen molar-refractivity contribution in [3.8, 4) is 16.9 Å². The molecule has 0 aliphatic carbocycles. The molecule has 4 heteroatoms. The van der Waals surface area contributed by atoms with E-state index in [2.05, 4.69) is 4.90 Å². The predicted molar refractivity (Wildman–Crippen MR) is 91.6 cm³/mol. The second-order valence-corrected chi connectivity index (χ2v) is 5.40. The van der Waals surface area contributed by atoms with Gasteiger partial charge >= 0.3 is 0 Å². The molecule has 0 bridgehead atoms. The van der Waals surface area contributed by atoms with Crippen molar-refractivity contribution in [3.05, 3.63) is 80.6 Å². The summed E-state index contributed by atoms with van der Waals surface area (Å²) in [6, 6.07) is 17.4. The van der Waals surface area contributed by atoms with Gasteiger partial charge in [0.15, 0.2) is 5.75 Å². The van der Waals surface area contributed by atoms with Crippen LogP contribution in [0, 0.1) is 0 Å². The molecule has 0 saturated heterocycles. The van der Waals surface area contributed by atoms with Crippen LogP contribution in [0.15, 0.2) is 64.2 Å². The first kappa shape index (κ1) is 15.0. The minimum atomic E-state index is -0.805. The van der Waals surface area contributed by atoms with Gasteiger partial charge in [0.1, 0.15) is 0 Å². The molecule has 3 aromatic carbocycles. The second-order valence-electron chi connectivity index (χ2n) is 5.40. The van der Waals surface area contributed by atoms with E-state index in [4.69, 9.17) is 0 Å². The monoisotopic (exact) mass is 307 g/mol. The quantitative estimate of drug-likeness (QED) is 0.736. The summed E-state index contributed by atoms with van der Waals surface area (Å²) < 4.78 is 0. The number of anilines is 1. The van der Waals surface area contributed by atoms with Crippen molar-refractivity contribution < 1.29 is 5.11 Å². The second kappa shape index (κ2) is 6.08. The normalized spacial score (nSPS) is 10.8. The van der Waals surface area contributed by atoms with Crippen molar-refractivity contribution >= 4 is 5.69 Å². The Morgan fingerprint density at radius 1 is 0.913 bits per heavy atom. The van der Waals surface area contributed by atoms with E-state index in [9.17, 15) is 14.7 Å². The Labute approximate surface area is 133 Å². The van der Waals surface area contributed by atoms with Crippen LogP contribution in [-0.2, 0) is 6.54 Å². The number of benzene rings is 2. The van der Waals surface area contributed by atoms with Crippen LogP contribution in [0.1, 0.15) is 12.5 Å². The summed E-state index contributed by atoms with van der Waals surface area (Å²) in [5.74, 6) is -0.432. The van der Waals surface area contributed by atoms with Crippen molar-refractivity contribution in [2.24, 2.45) is 0 Å². The lowest BCUT2D eigenvalue weighted by atomic mass is 9.97. The summed E-state index contributed by atoms with van der Waals surface area (Å²) in [5.41, 5.74) is 1.29. The van der Waals surface area contributed by atoms with Gasteiger partial charge in [-0.1, -0.05) is 48.5 Å². The van der Waals surface area contributed by atoms with Gasteiger partial charge in [0, 0.05) is 24.3 Å². The van der Waals surface area contributed by atoms with Crippen LogP contribution in [0.4, 0.5) is 5.69 Å². The summed E-state index contributed by atoms with van der Waals surface area (Å²) >= 11 is 0. The summed E-state index contributed by atoms with van der Waals surface area (Å²) in [6.07, 6.45) is 0. The number of hydrogen-bond acceptors (Lipinski definition) is 4. The SMILES string of the molecule is CCN(Cc1ccccc1)c1ccccc1-c1c(O)c(=O)c1=O. The molecule has 3 rings (SSSR count). The van der Waals surface area contributed by atoms with E-state index in [1.54, 1.807) is 12.1 Å². The van der Waals surface area contributed by atoms with E-state index < -0.39 is 16.6 Å². The average molecular weight is 307 g/mol. The zero-order valence-electron chi connectivity index (χ0n) is 12.8. The predicted octanol–water partition coefficient (Wildman–Crippen LogP) is 2.68. The standard InChI is InChI=1S/C19H17NO3/c1-2-20(12-13-8-4-3-5-9-13)15-11-7-6-10-14(15)16-17(21)19(23)18(16)22/h3-11,21H,2,12H2,1H3. The molecular formula is C19H17NO3. The van der Waals surface area contributed by atoms with Crippen molar-refractivity contribution in [2.45, 2.75) is 13.5 Å². The van der Waals surface area contributed by atoms with E-state index in [1.165, 1.54) is 0 Å². The molecule has 0 amide bonds. The maximum absolute atomic E-state index is 11.8. The first-order valence-corrected chi connectivity index (χ1v) is 7.54. The maximum atomic E-state index is 11.8. The number of hydrogen-bond donors (Lipinski definition) is 1. The Hall–Kier alpha value is -2.88. The molecule has 116 valence electrons. The van der Waals surface area contributed by atoms with Crippen molar-refractivity contribution in [1.82, 2.24) is 0 Å². The average Bonchev–Trinajstić information content (AvgIpc) is 2.61. The highest BCUT2D eigenvalue weighted by Crippen LogP contribution is 2.34. The first-order valence-electron chi connectivity index (χ1n) is 7.54. The Kier molecular flexibility index (Phi) is 3.98. The summed E-state index contributed by atoms with van der Waals surface area (Å²) in [7, 11) is 0. The molecule has 0 atom stereocenters. The highest BCUT2D eigenvalue weighted by Gasteiger charge is 2.24. The molecule has 4 nitrogen and oxygen atoms in total. The molecule has 0 radical (unpaired) electrons. The topological polar surface area (TPSA) is 57.6 Å². The molecular weight excluding hydrogens is 290 g/mol. The van der Waals surface area contributed by atoms with E-state index in [0.717, 1.165) is 17.8 Å². The molecule has 0 aliphatic rings. The van der Waals surface area contributed by atoms with Crippen LogP contribution in [0.5, 0.6) is 5.75 Å². The zero-order valence-corrected chi connectivity index (χ0v) is 12.8. The third-order valence-corrected chi connectivity index (χ3v) is 4.00. The lowest BCUT2D eigenvalue weighted by molar-refractivity contribution is 0.465. The molecule has 0 aliphatic heterocycles. The summed E-state index contributed by atoms with van der Waals surface area (Å²) in [4.78, 5) is 25.2. The van der Waals surface area contributed by atoms with E-state index >= 15 is 0 Å². The first-order chi connectivity index (χ1) is 11.1. The third kappa shape index (κ3) is 2.63. The number of aromatic hydroxyl groups is 1. The molecule has 0 unspecified atom stereocenters. The van der Waals surface area contributed by atoms with Gasteiger partial charge in [-0.05, 0) is 18.6 Å². The fourth-order valence-electron chi connectivity index (χ4n) is 2.76. The largest absolute Gasteiger partial charge is 0.503 e. The molecule has 3 aromatic rings. The van der Waals surface area contributed by atoms with Gasteiger partial charge < -0.3 is 10.0 Å². The third-order valence-electron chi connectivity index (χ3n) is 4.00. The zero-order chi connectivity index (χ0) is 16.4. The number of para-hydroxylation sites is 1. The lowest BCUT2D eigenvalue weighted by Crippen LogP contribution is -2.32. The summed E-state index contributed by atoms with van der Waals surface area (Å²) in [5, 5.41) is 9.76. The van der Waals surface area contributed by atoms with E-state index in [0.29, 0.717) is 12.1 Å². The maximum Gasteiger partial charge on any atom is 0.268 e. The van der Waals surface area contributed by atoms with Crippen LogP contribution < -0.4 is 15.8 Å². The van der Waals surface area contributed by atoms with Crippen LogP contribution in [0.3, 0.4) is 0 Å².